The molecule has 2 rings (SSSR count). The van der Waals surface area contributed by atoms with Gasteiger partial charge in [-0.25, -0.2) is 4.99 Å². The molecule has 8 heteroatoms. The average molecular weight is 367 g/mol. The van der Waals surface area contributed by atoms with Gasteiger partial charge in [-0.3, -0.25) is 0 Å². The first-order valence-corrected chi connectivity index (χ1v) is 9.62. The minimum absolute atomic E-state index is 0.272. The lowest BCUT2D eigenvalue weighted by Crippen LogP contribution is -2.41. The van der Waals surface area contributed by atoms with Crippen LogP contribution in [0.15, 0.2) is 4.99 Å². The zero-order valence-electron chi connectivity index (χ0n) is 16.6. The van der Waals surface area contributed by atoms with Crippen molar-refractivity contribution in [3.63, 3.8) is 0 Å². The van der Waals surface area contributed by atoms with Gasteiger partial charge in [-0.2, -0.15) is 0 Å². The molecule has 0 saturated carbocycles. The van der Waals surface area contributed by atoms with Gasteiger partial charge in [-0.15, -0.1) is 10.2 Å². The van der Waals surface area contributed by atoms with E-state index in [4.69, 9.17) is 9.47 Å². The highest BCUT2D eigenvalue weighted by Gasteiger charge is 2.15. The molecule has 0 aromatic carbocycles. The van der Waals surface area contributed by atoms with E-state index in [2.05, 4.69) is 39.7 Å². The van der Waals surface area contributed by atoms with Gasteiger partial charge in [0.05, 0.1) is 6.10 Å². The van der Waals surface area contributed by atoms with Gasteiger partial charge >= 0.3 is 0 Å². The Morgan fingerprint density at radius 3 is 2.88 bits per heavy atom. The molecule has 1 saturated heterocycles. The molecule has 2 N–H and O–H groups in total. The topological polar surface area (TPSA) is 85.6 Å². The third-order valence-electron chi connectivity index (χ3n) is 4.29. The van der Waals surface area contributed by atoms with E-state index >= 15 is 0 Å². The molecule has 0 radical (unpaired) electrons. The van der Waals surface area contributed by atoms with Crippen molar-refractivity contribution in [1.82, 2.24) is 25.4 Å². The van der Waals surface area contributed by atoms with Crippen LogP contribution in [0.5, 0.6) is 0 Å². The van der Waals surface area contributed by atoms with Crippen molar-refractivity contribution in [2.45, 2.75) is 52.7 Å². The Bertz CT molecular complexity index is 552. The van der Waals surface area contributed by atoms with Crippen LogP contribution in [0.3, 0.4) is 0 Å². The van der Waals surface area contributed by atoms with Crippen LogP contribution in [0.2, 0.25) is 0 Å². The van der Waals surface area contributed by atoms with Crippen LogP contribution in [0.25, 0.3) is 0 Å². The molecule has 26 heavy (non-hydrogen) atoms. The molecule has 0 bridgehead atoms. The molecule has 8 nitrogen and oxygen atoms in total. The Hall–Kier alpha value is -1.67. The van der Waals surface area contributed by atoms with Crippen LogP contribution in [0, 0.1) is 12.8 Å². The van der Waals surface area contributed by atoms with Gasteiger partial charge in [0.25, 0.3) is 0 Å². The highest BCUT2D eigenvalue weighted by molar-refractivity contribution is 5.79. The van der Waals surface area contributed by atoms with Crippen molar-refractivity contribution in [3.05, 3.63) is 11.6 Å². The maximum Gasteiger partial charge on any atom is 0.191 e. The fourth-order valence-corrected chi connectivity index (χ4v) is 2.63. The first kappa shape index (κ1) is 20.6. The van der Waals surface area contributed by atoms with E-state index in [0.717, 1.165) is 69.8 Å². The van der Waals surface area contributed by atoms with Crippen molar-refractivity contribution in [2.24, 2.45) is 18.0 Å². The number of nitrogens with one attached hydrogen (secondary N) is 2. The van der Waals surface area contributed by atoms with Crippen LogP contribution in [-0.2, 0) is 23.1 Å². The number of aromatic nitrogens is 3. The fraction of sp³-hybridized carbons (Fsp3) is 0.833. The zero-order valence-corrected chi connectivity index (χ0v) is 16.6. The molecule has 0 amide bonds. The molecular weight excluding hydrogens is 332 g/mol. The molecule has 1 aliphatic heterocycles. The van der Waals surface area contributed by atoms with Crippen molar-refractivity contribution in [1.29, 1.82) is 0 Å². The number of rotatable bonds is 10. The smallest absolute Gasteiger partial charge is 0.191 e. The Morgan fingerprint density at radius 1 is 1.38 bits per heavy atom. The molecule has 1 atom stereocenters. The van der Waals surface area contributed by atoms with E-state index in [-0.39, 0.29) is 6.10 Å². The minimum atomic E-state index is 0.272. The Labute approximate surface area is 156 Å². The lowest BCUT2D eigenvalue weighted by atomic mass is 10.2. The summed E-state index contributed by atoms with van der Waals surface area (Å²) in [6, 6.07) is 0. The summed E-state index contributed by atoms with van der Waals surface area (Å²) in [5.74, 6) is 3.09. The highest BCUT2D eigenvalue weighted by Crippen LogP contribution is 2.10. The third-order valence-corrected chi connectivity index (χ3v) is 4.29. The van der Waals surface area contributed by atoms with Gasteiger partial charge in [-0.1, -0.05) is 13.8 Å². The number of aliphatic imine (C=N–C) groups is 1. The van der Waals surface area contributed by atoms with E-state index < -0.39 is 0 Å². The summed E-state index contributed by atoms with van der Waals surface area (Å²) in [5.41, 5.74) is 0. The summed E-state index contributed by atoms with van der Waals surface area (Å²) < 4.78 is 13.3. The molecule has 0 aliphatic carbocycles. The second kappa shape index (κ2) is 11.1. The molecule has 148 valence electrons. The Morgan fingerprint density at radius 2 is 2.23 bits per heavy atom. The van der Waals surface area contributed by atoms with Gasteiger partial charge in [-0.05, 0) is 32.1 Å². The number of guanidine groups is 1. The predicted molar refractivity (Wildman–Crippen MR) is 102 cm³/mol. The van der Waals surface area contributed by atoms with Crippen LogP contribution >= 0.6 is 0 Å². The number of aryl methyl sites for hydroxylation is 1. The molecular formula is C18H34N6O2. The second-order valence-corrected chi connectivity index (χ2v) is 7.15. The number of hydrogen-bond donors (Lipinski definition) is 2. The monoisotopic (exact) mass is 366 g/mol. The summed E-state index contributed by atoms with van der Waals surface area (Å²) in [6.45, 7) is 10.8. The van der Waals surface area contributed by atoms with Gasteiger partial charge in [0.1, 0.15) is 12.4 Å². The van der Waals surface area contributed by atoms with E-state index in [0.29, 0.717) is 12.5 Å². The summed E-state index contributed by atoms with van der Waals surface area (Å²) in [4.78, 5) is 4.65. The molecule has 1 aliphatic rings. The molecule has 1 fully saturated rings. The molecule has 2 heterocycles. The number of nitrogens with zero attached hydrogens (tertiary/aromatic N) is 4. The lowest BCUT2D eigenvalue weighted by Gasteiger charge is -2.16. The minimum Gasteiger partial charge on any atom is -0.381 e. The Balaban J connectivity index is 1.79. The third kappa shape index (κ3) is 7.29. The quantitative estimate of drug-likeness (QED) is 0.370. The molecule has 1 aromatic rings. The maximum atomic E-state index is 5.68. The fourth-order valence-electron chi connectivity index (χ4n) is 2.63. The first-order chi connectivity index (χ1) is 12.6. The van der Waals surface area contributed by atoms with Crippen molar-refractivity contribution in [3.8, 4) is 0 Å². The van der Waals surface area contributed by atoms with Crippen LogP contribution in [0.4, 0.5) is 0 Å². The molecule has 1 unspecified atom stereocenters. The summed E-state index contributed by atoms with van der Waals surface area (Å²) in [7, 11) is 1.96. The average Bonchev–Trinajstić information content (AvgIpc) is 3.24. The number of hydrogen-bond acceptors (Lipinski definition) is 5. The zero-order chi connectivity index (χ0) is 18.8. The SMILES string of the molecule is Cc1nnc(CN=C(NCCCOCC(C)C)NCC2CCCO2)n1C. The van der Waals surface area contributed by atoms with Gasteiger partial charge < -0.3 is 24.7 Å². The number of ether oxygens (including phenoxy) is 2. The highest BCUT2D eigenvalue weighted by atomic mass is 16.5. The van der Waals surface area contributed by atoms with E-state index in [1.165, 1.54) is 0 Å². The second-order valence-electron chi connectivity index (χ2n) is 7.15. The van der Waals surface area contributed by atoms with Gasteiger partial charge in [0.15, 0.2) is 11.8 Å². The van der Waals surface area contributed by atoms with Gasteiger partial charge in [0, 0.05) is 40.0 Å². The summed E-state index contributed by atoms with van der Waals surface area (Å²) in [6.07, 6.45) is 3.45. The van der Waals surface area contributed by atoms with E-state index in [1.807, 2.05) is 18.5 Å². The first-order valence-electron chi connectivity index (χ1n) is 9.62. The summed E-state index contributed by atoms with van der Waals surface area (Å²) >= 11 is 0. The van der Waals surface area contributed by atoms with Gasteiger partial charge in [0.2, 0.25) is 0 Å². The van der Waals surface area contributed by atoms with Crippen LogP contribution < -0.4 is 10.6 Å². The molecule has 0 spiro atoms. The normalized spacial score (nSPS) is 17.9. The van der Waals surface area contributed by atoms with Crippen molar-refractivity contribution in [2.75, 3.05) is 32.9 Å². The lowest BCUT2D eigenvalue weighted by molar-refractivity contribution is 0.108. The van der Waals surface area contributed by atoms with E-state index in [9.17, 15) is 0 Å². The van der Waals surface area contributed by atoms with Crippen LogP contribution in [-0.4, -0.2) is 59.7 Å². The van der Waals surface area contributed by atoms with Crippen LogP contribution in [0.1, 0.15) is 44.8 Å². The Kier molecular flexibility index (Phi) is 8.84. The summed E-state index contributed by atoms with van der Waals surface area (Å²) in [5, 5.41) is 15.0. The van der Waals surface area contributed by atoms with E-state index in [1.54, 1.807) is 0 Å². The standard InChI is InChI=1S/C18H34N6O2/c1-14(2)13-25-9-6-8-19-18(20-11-16-7-5-10-26-16)21-12-17-23-22-15(3)24(17)4/h14,16H,5-13H2,1-4H3,(H2,19,20,21). The van der Waals surface area contributed by atoms with Crippen molar-refractivity contribution >= 4 is 5.96 Å². The molecule has 1 aromatic heterocycles. The maximum absolute atomic E-state index is 5.68. The predicted octanol–water partition coefficient (Wildman–Crippen LogP) is 1.40. The largest absolute Gasteiger partial charge is 0.381 e. The van der Waals surface area contributed by atoms with Crippen molar-refractivity contribution < 1.29 is 9.47 Å².